The number of aromatic amines is 1. The Kier molecular flexibility index (Phi) is 2.12. The van der Waals surface area contributed by atoms with Crippen molar-refractivity contribution in [1.82, 2.24) is 14.8 Å². The molecule has 0 aliphatic rings. The van der Waals surface area contributed by atoms with E-state index in [2.05, 4.69) is 17.3 Å². The zero-order chi connectivity index (χ0) is 10.2. The largest absolute Gasteiger partial charge is 0.492 e. The van der Waals surface area contributed by atoms with Gasteiger partial charge < -0.3 is 5.11 Å². The van der Waals surface area contributed by atoms with Gasteiger partial charge >= 0.3 is 12.3 Å². The lowest BCUT2D eigenvalue weighted by atomic mass is 10.6. The van der Waals surface area contributed by atoms with E-state index in [1.54, 1.807) is 5.10 Å². The number of hydrogen-bond donors (Lipinski definition) is 2. The Labute approximate surface area is 73.8 Å². The molecule has 0 saturated heterocycles. The molecule has 2 N–H and O–H groups in total. The van der Waals surface area contributed by atoms with Crippen LogP contribution in [0.3, 0.4) is 0 Å². The molecule has 0 aliphatic carbocycles. The van der Waals surface area contributed by atoms with Crippen LogP contribution in [0.15, 0.2) is 0 Å². The van der Waals surface area contributed by atoms with E-state index in [-0.39, 0.29) is 0 Å². The van der Waals surface area contributed by atoms with Gasteiger partial charge in [-0.15, -0.1) is 18.3 Å². The van der Waals surface area contributed by atoms with Gasteiger partial charge in [0.05, 0.1) is 0 Å². The second-order valence-electron chi connectivity index (χ2n) is 1.96. The van der Waals surface area contributed by atoms with E-state index in [1.807, 2.05) is 0 Å². The lowest BCUT2D eigenvalue weighted by molar-refractivity contribution is -0.206. The number of carboxylic acids is 1. The maximum absolute atomic E-state index is 12.1. The third-order valence-electron chi connectivity index (χ3n) is 1.12. The fourth-order valence-electron chi connectivity index (χ4n) is 0.676. The molecule has 1 aromatic heterocycles. The quantitative estimate of drug-likeness (QED) is 0.685. The number of alkyl halides is 3. The monoisotopic (exact) mass is 213 g/mol. The van der Waals surface area contributed by atoms with Crippen LogP contribution in [0.5, 0.6) is 0 Å². The predicted octanol–water partition coefficient (Wildman–Crippen LogP) is 1.12. The van der Waals surface area contributed by atoms with Gasteiger partial charge in [-0.05, 0) is 12.2 Å². The molecule has 0 bridgehead atoms. The highest BCUT2D eigenvalue weighted by molar-refractivity contribution is 7.71. The molecule has 72 valence electrons. The SMILES string of the molecule is O=C(O)c1n[nH]c(=S)n1C(F)(F)F. The molecular formula is C4H2F3N3O2S. The van der Waals surface area contributed by atoms with E-state index in [0.29, 0.717) is 0 Å². The van der Waals surface area contributed by atoms with Crippen LogP contribution in [0, 0.1) is 4.77 Å². The van der Waals surface area contributed by atoms with Crippen LogP contribution < -0.4 is 0 Å². The van der Waals surface area contributed by atoms with E-state index < -0.39 is 27.4 Å². The van der Waals surface area contributed by atoms with Gasteiger partial charge in [-0.3, -0.25) is 5.10 Å². The third-order valence-corrected chi connectivity index (χ3v) is 1.39. The summed E-state index contributed by atoms with van der Waals surface area (Å²) in [6, 6.07) is 0. The summed E-state index contributed by atoms with van der Waals surface area (Å²) in [5.74, 6) is -2.98. The summed E-state index contributed by atoms with van der Waals surface area (Å²) in [5, 5.41) is 12.9. The minimum Gasteiger partial charge on any atom is -0.475 e. The number of halogens is 3. The molecule has 5 nitrogen and oxygen atoms in total. The van der Waals surface area contributed by atoms with Crippen molar-refractivity contribution < 1.29 is 23.1 Å². The van der Waals surface area contributed by atoms with Crippen molar-refractivity contribution >= 4 is 18.2 Å². The number of carboxylic acid groups (broad SMARTS) is 1. The van der Waals surface area contributed by atoms with Crippen molar-refractivity contribution in [3.63, 3.8) is 0 Å². The maximum atomic E-state index is 12.1. The van der Waals surface area contributed by atoms with E-state index in [4.69, 9.17) is 5.11 Å². The maximum Gasteiger partial charge on any atom is 0.492 e. The van der Waals surface area contributed by atoms with Crippen LogP contribution in [0.25, 0.3) is 0 Å². The number of aromatic carboxylic acids is 1. The lowest BCUT2D eigenvalue weighted by Gasteiger charge is -2.06. The smallest absolute Gasteiger partial charge is 0.475 e. The summed E-state index contributed by atoms with van der Waals surface area (Å²) in [4.78, 5) is 10.2. The summed E-state index contributed by atoms with van der Waals surface area (Å²) in [6.45, 7) is 0. The van der Waals surface area contributed by atoms with Crippen LogP contribution in [-0.4, -0.2) is 25.8 Å². The van der Waals surface area contributed by atoms with Crippen molar-refractivity contribution in [2.75, 3.05) is 0 Å². The van der Waals surface area contributed by atoms with Gasteiger partial charge in [-0.2, -0.15) is 0 Å². The molecule has 0 spiro atoms. The molecule has 0 radical (unpaired) electrons. The van der Waals surface area contributed by atoms with Gasteiger partial charge in [0.15, 0.2) is 0 Å². The molecule has 0 fully saturated rings. The molecule has 0 aromatic carbocycles. The third kappa shape index (κ3) is 1.69. The first-order valence-electron chi connectivity index (χ1n) is 2.82. The van der Waals surface area contributed by atoms with E-state index in [0.717, 1.165) is 0 Å². The second kappa shape index (κ2) is 2.83. The zero-order valence-corrected chi connectivity index (χ0v) is 6.61. The topological polar surface area (TPSA) is 70.9 Å². The zero-order valence-electron chi connectivity index (χ0n) is 5.79. The number of rotatable bonds is 1. The van der Waals surface area contributed by atoms with Crippen molar-refractivity contribution in [3.8, 4) is 0 Å². The summed E-state index contributed by atoms with van der Waals surface area (Å²) in [7, 11) is 0. The van der Waals surface area contributed by atoms with Gasteiger partial charge in [0.1, 0.15) is 0 Å². The minimum absolute atomic E-state index is 0.523. The number of H-pyrrole nitrogens is 1. The standard InChI is InChI=1S/C4H2F3N3O2S/c5-4(6,7)10-1(2(11)12)8-9-3(10)13/h(H,9,13)(H,11,12). The summed E-state index contributed by atoms with van der Waals surface area (Å²) >= 11 is 4.20. The first-order valence-corrected chi connectivity index (χ1v) is 3.23. The minimum atomic E-state index is -4.88. The average Bonchev–Trinajstić information content (AvgIpc) is 2.28. The van der Waals surface area contributed by atoms with Crippen molar-refractivity contribution in [2.45, 2.75) is 6.30 Å². The number of nitrogens with zero attached hydrogens (tertiary/aromatic N) is 2. The Morgan fingerprint density at radius 2 is 2.15 bits per heavy atom. The second-order valence-corrected chi connectivity index (χ2v) is 2.35. The van der Waals surface area contributed by atoms with E-state index >= 15 is 0 Å². The van der Waals surface area contributed by atoms with Crippen LogP contribution in [0.4, 0.5) is 13.2 Å². The van der Waals surface area contributed by atoms with Gasteiger partial charge in [-0.25, -0.2) is 9.36 Å². The van der Waals surface area contributed by atoms with Gasteiger partial charge in [0, 0.05) is 0 Å². The molecule has 13 heavy (non-hydrogen) atoms. The number of carbonyl (C=O) groups is 1. The van der Waals surface area contributed by atoms with E-state index in [1.165, 1.54) is 0 Å². The fraction of sp³-hybridized carbons (Fsp3) is 0.250. The highest BCUT2D eigenvalue weighted by Gasteiger charge is 2.36. The highest BCUT2D eigenvalue weighted by atomic mass is 32.1. The summed E-state index contributed by atoms with van der Waals surface area (Å²) in [6.07, 6.45) is -4.88. The number of aromatic nitrogens is 3. The lowest BCUT2D eigenvalue weighted by Crippen LogP contribution is -2.22. The molecule has 0 atom stereocenters. The Morgan fingerprint density at radius 1 is 1.62 bits per heavy atom. The van der Waals surface area contributed by atoms with Crippen molar-refractivity contribution in [2.24, 2.45) is 0 Å². The highest BCUT2D eigenvalue weighted by Crippen LogP contribution is 2.23. The van der Waals surface area contributed by atoms with E-state index in [9.17, 15) is 18.0 Å². The Bertz CT molecular complexity index is 392. The van der Waals surface area contributed by atoms with Gasteiger partial charge in [0.2, 0.25) is 10.6 Å². The molecular weight excluding hydrogens is 211 g/mol. The van der Waals surface area contributed by atoms with Crippen molar-refractivity contribution in [3.05, 3.63) is 10.6 Å². The van der Waals surface area contributed by atoms with Gasteiger partial charge in [-0.1, -0.05) is 0 Å². The predicted molar refractivity (Wildman–Crippen MR) is 35.7 cm³/mol. The molecule has 0 aliphatic heterocycles. The summed E-state index contributed by atoms with van der Waals surface area (Å²) in [5.41, 5.74) is 0. The molecule has 1 aromatic rings. The van der Waals surface area contributed by atoms with Crippen LogP contribution in [-0.2, 0) is 6.30 Å². The van der Waals surface area contributed by atoms with Gasteiger partial charge in [0.25, 0.3) is 0 Å². The Balaban J connectivity index is 3.42. The first-order chi connectivity index (χ1) is 5.84. The molecule has 9 heteroatoms. The van der Waals surface area contributed by atoms with Crippen molar-refractivity contribution in [1.29, 1.82) is 0 Å². The molecule has 1 heterocycles. The van der Waals surface area contributed by atoms with Crippen LogP contribution in [0.2, 0.25) is 0 Å². The number of nitrogens with one attached hydrogen (secondary N) is 1. The van der Waals surface area contributed by atoms with Crippen LogP contribution in [0.1, 0.15) is 10.6 Å². The fourth-order valence-corrected chi connectivity index (χ4v) is 0.911. The molecule has 0 saturated carbocycles. The first kappa shape index (κ1) is 9.71. The molecule has 0 unspecified atom stereocenters. The summed E-state index contributed by atoms with van der Waals surface area (Å²) < 4.78 is 34.9. The Morgan fingerprint density at radius 3 is 2.46 bits per heavy atom. The number of hydrogen-bond acceptors (Lipinski definition) is 3. The normalized spacial score (nSPS) is 11.6. The molecule has 0 amide bonds. The van der Waals surface area contributed by atoms with Crippen LogP contribution >= 0.6 is 12.2 Å². The average molecular weight is 213 g/mol. The molecule has 1 rings (SSSR count). The Hall–Kier alpha value is -1.38.